The number of ether oxygens (including phenoxy) is 2. The molecule has 1 N–H and O–H groups in total. The number of rotatable bonds is 4. The van der Waals surface area contributed by atoms with E-state index in [0.717, 1.165) is 25.7 Å². The minimum absolute atomic E-state index is 0.00219. The molecule has 1 saturated heterocycles. The molecule has 132 valence electrons. The minimum Gasteiger partial charge on any atom is -0.474 e. The molecule has 2 fully saturated rings. The number of carbonyl (C=O) groups excluding carboxylic acids is 1. The van der Waals surface area contributed by atoms with E-state index >= 15 is 0 Å². The van der Waals surface area contributed by atoms with Gasteiger partial charge in [0.15, 0.2) is 0 Å². The van der Waals surface area contributed by atoms with Gasteiger partial charge in [-0.3, -0.25) is 9.89 Å². The van der Waals surface area contributed by atoms with Gasteiger partial charge in [0.25, 0.3) is 5.91 Å². The van der Waals surface area contributed by atoms with Crippen LogP contribution < -0.4 is 4.74 Å². The minimum atomic E-state index is -0.274. The molecule has 7 nitrogen and oxygen atoms in total. The molecule has 1 aliphatic carbocycles. The maximum absolute atomic E-state index is 12.8. The molecule has 0 spiro atoms. The van der Waals surface area contributed by atoms with Crippen LogP contribution in [0.15, 0.2) is 36.8 Å². The number of nitrogens with zero attached hydrogens (tertiary/aromatic N) is 3. The van der Waals surface area contributed by atoms with Crippen molar-refractivity contribution >= 4 is 5.91 Å². The Labute approximate surface area is 146 Å². The van der Waals surface area contributed by atoms with E-state index in [1.807, 2.05) is 23.1 Å². The molecule has 3 atom stereocenters. The zero-order chi connectivity index (χ0) is 17.3. The fourth-order valence-corrected chi connectivity index (χ4v) is 4.13. The highest BCUT2D eigenvalue weighted by molar-refractivity contribution is 5.94. The quantitative estimate of drug-likeness (QED) is 0.920. The Morgan fingerprint density at radius 2 is 2.32 bits per heavy atom. The third kappa shape index (κ3) is 2.89. The van der Waals surface area contributed by atoms with Gasteiger partial charge >= 0.3 is 0 Å². The second-order valence-electron chi connectivity index (χ2n) is 6.70. The maximum atomic E-state index is 12.8. The number of aromatic amines is 1. The maximum Gasteiger partial charge on any atom is 0.257 e. The van der Waals surface area contributed by atoms with E-state index in [1.54, 1.807) is 25.7 Å². The zero-order valence-electron chi connectivity index (χ0n) is 14.2. The lowest BCUT2D eigenvalue weighted by molar-refractivity contribution is -0.0788. The van der Waals surface area contributed by atoms with Crippen molar-refractivity contribution in [3.8, 4) is 5.88 Å². The molecule has 7 heteroatoms. The van der Waals surface area contributed by atoms with Gasteiger partial charge in [0.1, 0.15) is 6.10 Å². The summed E-state index contributed by atoms with van der Waals surface area (Å²) in [6.07, 6.45) is 8.33. The number of hydrogen-bond donors (Lipinski definition) is 1. The Kier molecular flexibility index (Phi) is 4.17. The predicted octanol–water partition coefficient (Wildman–Crippen LogP) is 2.04. The third-order valence-corrected chi connectivity index (χ3v) is 5.47. The van der Waals surface area contributed by atoms with Crippen molar-refractivity contribution in [1.82, 2.24) is 20.1 Å². The van der Waals surface area contributed by atoms with Crippen LogP contribution in [0.4, 0.5) is 0 Å². The third-order valence-electron chi connectivity index (χ3n) is 5.47. The van der Waals surface area contributed by atoms with E-state index in [9.17, 15) is 4.79 Å². The SMILES string of the molecule is CO[C@@]12CCC(Oc3ccccn3)CC1N(C(=O)c1cn[nH]c1)CC2. The van der Waals surface area contributed by atoms with E-state index in [0.29, 0.717) is 18.0 Å². The van der Waals surface area contributed by atoms with Crippen molar-refractivity contribution in [2.75, 3.05) is 13.7 Å². The number of likely N-dealkylation sites (tertiary alicyclic amines) is 1. The van der Waals surface area contributed by atoms with Crippen LogP contribution >= 0.6 is 0 Å². The number of amides is 1. The molecule has 2 unspecified atom stereocenters. The summed E-state index contributed by atoms with van der Waals surface area (Å²) in [5.74, 6) is 0.624. The van der Waals surface area contributed by atoms with Crippen LogP contribution in [0.3, 0.4) is 0 Å². The Balaban J connectivity index is 1.53. The molecule has 0 bridgehead atoms. The van der Waals surface area contributed by atoms with Crippen molar-refractivity contribution in [1.29, 1.82) is 0 Å². The molecule has 3 heterocycles. The lowest BCUT2D eigenvalue weighted by Crippen LogP contribution is -2.53. The Morgan fingerprint density at radius 1 is 1.40 bits per heavy atom. The number of fused-ring (bicyclic) bond motifs is 1. The van der Waals surface area contributed by atoms with Crippen LogP contribution in [0.25, 0.3) is 0 Å². The number of hydrogen-bond acceptors (Lipinski definition) is 5. The highest BCUT2D eigenvalue weighted by Crippen LogP contribution is 2.43. The fourth-order valence-electron chi connectivity index (χ4n) is 4.13. The van der Waals surface area contributed by atoms with Crippen molar-refractivity contribution < 1.29 is 14.3 Å². The molecule has 2 aromatic rings. The van der Waals surface area contributed by atoms with Crippen LogP contribution in [0.2, 0.25) is 0 Å². The first-order valence-electron chi connectivity index (χ1n) is 8.64. The number of aromatic nitrogens is 3. The van der Waals surface area contributed by atoms with E-state index in [1.165, 1.54) is 0 Å². The van der Waals surface area contributed by atoms with Gasteiger partial charge in [0, 0.05) is 38.5 Å². The van der Waals surface area contributed by atoms with Crippen LogP contribution in [0.5, 0.6) is 5.88 Å². The summed E-state index contributed by atoms with van der Waals surface area (Å²) in [5.41, 5.74) is 0.309. The number of nitrogens with one attached hydrogen (secondary N) is 1. The standard InChI is InChI=1S/C18H22N4O3/c1-24-18-6-5-14(25-16-4-2-3-8-19-16)10-15(18)22(9-7-18)17(23)13-11-20-21-12-13/h2-4,8,11-12,14-15H,5-7,9-10H2,1H3,(H,20,21)/t14?,15?,18-/m1/s1. The normalized spacial score (nSPS) is 28.6. The first-order valence-corrected chi connectivity index (χ1v) is 8.64. The Bertz CT molecular complexity index is 721. The fraction of sp³-hybridized carbons (Fsp3) is 0.500. The molecule has 2 aromatic heterocycles. The first kappa shape index (κ1) is 16.1. The van der Waals surface area contributed by atoms with Gasteiger partial charge in [-0.05, 0) is 25.3 Å². The van der Waals surface area contributed by atoms with Crippen LogP contribution in [-0.2, 0) is 4.74 Å². The first-order chi connectivity index (χ1) is 12.2. The largest absolute Gasteiger partial charge is 0.474 e. The summed E-state index contributed by atoms with van der Waals surface area (Å²) in [6.45, 7) is 0.693. The molecule has 1 amide bonds. The molecule has 4 rings (SSSR count). The highest BCUT2D eigenvalue weighted by Gasteiger charge is 2.53. The van der Waals surface area contributed by atoms with Crippen molar-refractivity contribution in [3.63, 3.8) is 0 Å². The summed E-state index contributed by atoms with van der Waals surface area (Å²) >= 11 is 0. The highest BCUT2D eigenvalue weighted by atomic mass is 16.5. The van der Waals surface area contributed by atoms with Gasteiger partial charge < -0.3 is 14.4 Å². The lowest BCUT2D eigenvalue weighted by atomic mass is 9.79. The Morgan fingerprint density at radius 3 is 3.04 bits per heavy atom. The van der Waals surface area contributed by atoms with E-state index in [2.05, 4.69) is 15.2 Å². The van der Waals surface area contributed by atoms with E-state index < -0.39 is 0 Å². The van der Waals surface area contributed by atoms with Crippen LogP contribution in [0.1, 0.15) is 36.0 Å². The summed E-state index contributed by atoms with van der Waals surface area (Å²) < 4.78 is 12.0. The molecule has 2 aliphatic rings. The smallest absolute Gasteiger partial charge is 0.257 e. The summed E-state index contributed by atoms with van der Waals surface area (Å²) in [5, 5.41) is 6.60. The number of methoxy groups -OCH3 is 1. The molecular formula is C18H22N4O3. The Hall–Kier alpha value is -2.41. The number of carbonyl (C=O) groups is 1. The van der Waals surface area contributed by atoms with Crippen molar-refractivity contribution in [3.05, 3.63) is 42.4 Å². The van der Waals surface area contributed by atoms with Crippen molar-refractivity contribution in [2.24, 2.45) is 0 Å². The zero-order valence-corrected chi connectivity index (χ0v) is 14.2. The monoisotopic (exact) mass is 342 g/mol. The van der Waals surface area contributed by atoms with Gasteiger partial charge in [-0.2, -0.15) is 5.10 Å². The molecule has 0 radical (unpaired) electrons. The molecule has 1 aliphatic heterocycles. The van der Waals surface area contributed by atoms with E-state index in [-0.39, 0.29) is 23.7 Å². The summed E-state index contributed by atoms with van der Waals surface area (Å²) in [6, 6.07) is 5.64. The molecule has 1 saturated carbocycles. The summed E-state index contributed by atoms with van der Waals surface area (Å²) in [4.78, 5) is 19.0. The van der Waals surface area contributed by atoms with Gasteiger partial charge in [-0.15, -0.1) is 0 Å². The number of pyridine rings is 1. The molecule has 25 heavy (non-hydrogen) atoms. The van der Waals surface area contributed by atoms with Gasteiger partial charge in [-0.1, -0.05) is 6.07 Å². The average molecular weight is 342 g/mol. The molecular weight excluding hydrogens is 320 g/mol. The van der Waals surface area contributed by atoms with Crippen LogP contribution in [-0.4, -0.2) is 57.4 Å². The number of H-pyrrole nitrogens is 1. The second kappa shape index (κ2) is 6.48. The van der Waals surface area contributed by atoms with Crippen LogP contribution in [0, 0.1) is 0 Å². The summed E-state index contributed by atoms with van der Waals surface area (Å²) in [7, 11) is 1.75. The lowest BCUT2D eigenvalue weighted by Gasteiger charge is -2.43. The topological polar surface area (TPSA) is 80.3 Å². The predicted molar refractivity (Wildman–Crippen MR) is 90.3 cm³/mol. The van der Waals surface area contributed by atoms with Crippen molar-refractivity contribution in [2.45, 2.75) is 43.4 Å². The molecule has 0 aromatic carbocycles. The van der Waals surface area contributed by atoms with Gasteiger partial charge in [-0.25, -0.2) is 4.98 Å². The van der Waals surface area contributed by atoms with Gasteiger partial charge in [0.2, 0.25) is 5.88 Å². The van der Waals surface area contributed by atoms with E-state index in [4.69, 9.17) is 9.47 Å². The second-order valence-corrected chi connectivity index (χ2v) is 6.70. The average Bonchev–Trinajstić information content (AvgIpc) is 3.30. The van der Waals surface area contributed by atoms with Gasteiger partial charge in [0.05, 0.1) is 23.4 Å².